The highest BCUT2D eigenvalue weighted by molar-refractivity contribution is 6.33. The second-order valence-corrected chi connectivity index (χ2v) is 4.60. The molecule has 0 unspecified atom stereocenters. The van der Waals surface area contributed by atoms with Crippen LogP contribution in [0, 0.1) is 0 Å². The SMILES string of the molecule is CN(Cc1cccnc1)C(=O)c1nc(NN)ccc1Cl. The van der Waals surface area contributed by atoms with Crippen LogP contribution in [0.25, 0.3) is 0 Å². The number of hydrogen-bond acceptors (Lipinski definition) is 5. The summed E-state index contributed by atoms with van der Waals surface area (Å²) in [6, 6.07) is 6.89. The molecule has 0 fully saturated rings. The second-order valence-electron chi connectivity index (χ2n) is 4.19. The molecule has 20 heavy (non-hydrogen) atoms. The van der Waals surface area contributed by atoms with Crippen LogP contribution in [-0.2, 0) is 6.54 Å². The maximum atomic E-state index is 12.3. The van der Waals surface area contributed by atoms with Crippen LogP contribution in [0.3, 0.4) is 0 Å². The molecule has 6 nitrogen and oxygen atoms in total. The molecule has 0 atom stereocenters. The van der Waals surface area contributed by atoms with Gasteiger partial charge in [-0.15, -0.1) is 0 Å². The van der Waals surface area contributed by atoms with Gasteiger partial charge in [-0.05, 0) is 23.8 Å². The van der Waals surface area contributed by atoms with Gasteiger partial charge in [-0.3, -0.25) is 9.78 Å². The Morgan fingerprint density at radius 1 is 1.45 bits per heavy atom. The summed E-state index contributed by atoms with van der Waals surface area (Å²) >= 11 is 6.00. The van der Waals surface area contributed by atoms with Crippen LogP contribution < -0.4 is 11.3 Å². The first-order valence-electron chi connectivity index (χ1n) is 5.89. The third-order valence-electron chi connectivity index (χ3n) is 2.69. The molecule has 2 rings (SSSR count). The summed E-state index contributed by atoms with van der Waals surface area (Å²) in [4.78, 5) is 21.9. The van der Waals surface area contributed by atoms with Gasteiger partial charge in [0.2, 0.25) is 0 Å². The average Bonchev–Trinajstić information content (AvgIpc) is 2.48. The van der Waals surface area contributed by atoms with Gasteiger partial charge in [0.25, 0.3) is 5.91 Å². The average molecular weight is 292 g/mol. The summed E-state index contributed by atoms with van der Waals surface area (Å²) in [7, 11) is 1.68. The van der Waals surface area contributed by atoms with E-state index in [1.807, 2.05) is 12.1 Å². The van der Waals surface area contributed by atoms with Gasteiger partial charge in [0, 0.05) is 26.0 Å². The highest BCUT2D eigenvalue weighted by atomic mass is 35.5. The van der Waals surface area contributed by atoms with E-state index in [0.29, 0.717) is 12.4 Å². The first-order valence-corrected chi connectivity index (χ1v) is 6.27. The molecule has 0 radical (unpaired) electrons. The Hall–Kier alpha value is -2.18. The van der Waals surface area contributed by atoms with Crippen molar-refractivity contribution in [3.63, 3.8) is 0 Å². The van der Waals surface area contributed by atoms with Crippen LogP contribution >= 0.6 is 11.6 Å². The fourth-order valence-corrected chi connectivity index (χ4v) is 1.88. The zero-order chi connectivity index (χ0) is 14.5. The third-order valence-corrected chi connectivity index (χ3v) is 2.99. The monoisotopic (exact) mass is 291 g/mol. The van der Waals surface area contributed by atoms with Crippen LogP contribution in [-0.4, -0.2) is 27.8 Å². The lowest BCUT2D eigenvalue weighted by Gasteiger charge is -2.17. The number of aromatic nitrogens is 2. The summed E-state index contributed by atoms with van der Waals surface area (Å²) in [6.45, 7) is 0.422. The number of hydrogen-bond donors (Lipinski definition) is 2. The Kier molecular flexibility index (Phi) is 4.49. The molecule has 2 aromatic rings. The van der Waals surface area contributed by atoms with Gasteiger partial charge >= 0.3 is 0 Å². The number of halogens is 1. The molecule has 7 heteroatoms. The molecule has 0 saturated heterocycles. The molecular formula is C13H14ClN5O. The lowest BCUT2D eigenvalue weighted by molar-refractivity contribution is 0.0779. The van der Waals surface area contributed by atoms with E-state index in [4.69, 9.17) is 17.4 Å². The highest BCUT2D eigenvalue weighted by Gasteiger charge is 2.17. The van der Waals surface area contributed by atoms with Crippen molar-refractivity contribution in [1.29, 1.82) is 0 Å². The van der Waals surface area contributed by atoms with Gasteiger partial charge in [-0.2, -0.15) is 0 Å². The molecule has 2 heterocycles. The zero-order valence-electron chi connectivity index (χ0n) is 10.9. The Labute approximate surface area is 121 Å². The Balaban J connectivity index is 2.18. The molecule has 2 aromatic heterocycles. The molecule has 0 aliphatic carbocycles. The molecule has 0 aromatic carbocycles. The molecule has 0 aliphatic rings. The molecule has 0 bridgehead atoms. The smallest absolute Gasteiger partial charge is 0.274 e. The molecule has 104 valence electrons. The molecular weight excluding hydrogens is 278 g/mol. The summed E-state index contributed by atoms with van der Waals surface area (Å²) in [5.41, 5.74) is 3.47. The van der Waals surface area contributed by atoms with Crippen molar-refractivity contribution in [3.8, 4) is 0 Å². The van der Waals surface area contributed by atoms with Crippen molar-refractivity contribution < 1.29 is 4.79 Å². The van der Waals surface area contributed by atoms with Crippen LogP contribution in [0.15, 0.2) is 36.7 Å². The maximum absolute atomic E-state index is 12.3. The van der Waals surface area contributed by atoms with Gasteiger partial charge in [-0.1, -0.05) is 17.7 Å². The van der Waals surface area contributed by atoms with Gasteiger partial charge in [0.1, 0.15) is 11.5 Å². The number of pyridine rings is 2. The predicted molar refractivity (Wildman–Crippen MR) is 77.1 cm³/mol. The summed E-state index contributed by atoms with van der Waals surface area (Å²) < 4.78 is 0. The van der Waals surface area contributed by atoms with E-state index in [9.17, 15) is 4.79 Å². The normalized spacial score (nSPS) is 10.2. The fraction of sp³-hybridized carbons (Fsp3) is 0.154. The van der Waals surface area contributed by atoms with Crippen LogP contribution in [0.2, 0.25) is 5.02 Å². The molecule has 1 amide bonds. The van der Waals surface area contributed by atoms with E-state index in [1.165, 1.54) is 4.90 Å². The summed E-state index contributed by atoms with van der Waals surface area (Å²) in [5.74, 6) is 5.38. The van der Waals surface area contributed by atoms with E-state index < -0.39 is 0 Å². The largest absolute Gasteiger partial charge is 0.336 e. The van der Waals surface area contributed by atoms with E-state index >= 15 is 0 Å². The lowest BCUT2D eigenvalue weighted by Crippen LogP contribution is -2.27. The molecule has 0 spiro atoms. The quantitative estimate of drug-likeness (QED) is 0.661. The van der Waals surface area contributed by atoms with Gasteiger partial charge in [-0.25, -0.2) is 10.8 Å². The first kappa shape index (κ1) is 14.2. The second kappa shape index (κ2) is 6.31. The third kappa shape index (κ3) is 3.23. The fourth-order valence-electron chi connectivity index (χ4n) is 1.69. The van der Waals surface area contributed by atoms with Crippen LogP contribution in [0.4, 0.5) is 5.82 Å². The summed E-state index contributed by atoms with van der Waals surface area (Å²) in [6.07, 6.45) is 3.39. The van der Waals surface area contributed by atoms with Crippen molar-refractivity contribution in [2.45, 2.75) is 6.54 Å². The number of hydrazine groups is 1. The maximum Gasteiger partial charge on any atom is 0.274 e. The molecule has 0 aliphatic heterocycles. The standard InChI is InChI=1S/C13H14ClN5O/c1-19(8-9-3-2-6-16-7-9)13(20)12-10(14)4-5-11(17-12)18-15/h2-7H,8,15H2,1H3,(H,17,18). The Bertz CT molecular complexity index is 605. The number of nitrogen functional groups attached to an aromatic ring is 1. The van der Waals surface area contributed by atoms with E-state index in [2.05, 4.69) is 15.4 Å². The number of carbonyl (C=O) groups excluding carboxylic acids is 1. The number of rotatable bonds is 4. The number of nitrogens with two attached hydrogens (primary N) is 1. The van der Waals surface area contributed by atoms with Gasteiger partial charge in [0.15, 0.2) is 0 Å². The Morgan fingerprint density at radius 2 is 2.25 bits per heavy atom. The number of carbonyl (C=O) groups is 1. The summed E-state index contributed by atoms with van der Waals surface area (Å²) in [5, 5.41) is 0.284. The number of nitrogens with one attached hydrogen (secondary N) is 1. The zero-order valence-corrected chi connectivity index (χ0v) is 11.6. The van der Waals surface area contributed by atoms with Crippen molar-refractivity contribution in [1.82, 2.24) is 14.9 Å². The minimum absolute atomic E-state index is 0.161. The van der Waals surface area contributed by atoms with Crippen LogP contribution in [0.1, 0.15) is 16.1 Å². The van der Waals surface area contributed by atoms with Crippen LogP contribution in [0.5, 0.6) is 0 Å². The van der Waals surface area contributed by atoms with Crippen molar-refractivity contribution >= 4 is 23.3 Å². The minimum Gasteiger partial charge on any atom is -0.336 e. The van der Waals surface area contributed by atoms with E-state index in [-0.39, 0.29) is 16.6 Å². The number of amides is 1. The van der Waals surface area contributed by atoms with Gasteiger partial charge < -0.3 is 10.3 Å². The highest BCUT2D eigenvalue weighted by Crippen LogP contribution is 2.18. The molecule has 0 saturated carbocycles. The van der Waals surface area contributed by atoms with Crippen molar-refractivity contribution in [2.24, 2.45) is 5.84 Å². The van der Waals surface area contributed by atoms with Crippen molar-refractivity contribution in [2.75, 3.05) is 12.5 Å². The topological polar surface area (TPSA) is 84.1 Å². The Morgan fingerprint density at radius 3 is 2.90 bits per heavy atom. The van der Waals surface area contributed by atoms with Crippen molar-refractivity contribution in [3.05, 3.63) is 52.9 Å². The lowest BCUT2D eigenvalue weighted by atomic mass is 10.2. The molecule has 3 N–H and O–H groups in total. The number of anilines is 1. The first-order chi connectivity index (χ1) is 9.61. The van der Waals surface area contributed by atoms with E-state index in [0.717, 1.165) is 5.56 Å². The van der Waals surface area contributed by atoms with E-state index in [1.54, 1.807) is 31.6 Å². The minimum atomic E-state index is -0.282. The van der Waals surface area contributed by atoms with Gasteiger partial charge in [0.05, 0.1) is 5.02 Å². The predicted octanol–water partition coefficient (Wildman–Crippen LogP) is 1.69. The number of nitrogens with zero attached hydrogens (tertiary/aromatic N) is 3.